The third-order valence-corrected chi connectivity index (χ3v) is 6.45. The van der Waals surface area contributed by atoms with Crippen molar-refractivity contribution in [3.05, 3.63) is 24.3 Å². The number of hydrogen-bond donors (Lipinski definition) is 1. The molecule has 0 aromatic heterocycles. The lowest BCUT2D eigenvalue weighted by Crippen LogP contribution is -2.52. The van der Waals surface area contributed by atoms with Gasteiger partial charge in [0.1, 0.15) is 5.75 Å². The van der Waals surface area contributed by atoms with Gasteiger partial charge in [0.15, 0.2) is 0 Å². The second-order valence-corrected chi connectivity index (χ2v) is 8.39. The van der Waals surface area contributed by atoms with E-state index in [4.69, 9.17) is 9.47 Å². The number of nitrogens with one attached hydrogen (secondary N) is 1. The number of ether oxygens (including phenoxy) is 2. The number of morpholine rings is 1. The maximum absolute atomic E-state index is 12.7. The van der Waals surface area contributed by atoms with Crippen molar-refractivity contribution in [2.75, 3.05) is 40.0 Å². The number of amides is 1. The first-order valence-corrected chi connectivity index (χ1v) is 10.9. The van der Waals surface area contributed by atoms with Crippen LogP contribution in [0.25, 0.3) is 0 Å². The van der Waals surface area contributed by atoms with Gasteiger partial charge >= 0.3 is 0 Å². The van der Waals surface area contributed by atoms with Crippen LogP contribution in [-0.2, 0) is 9.53 Å². The Labute approximate surface area is 168 Å². The van der Waals surface area contributed by atoms with Crippen molar-refractivity contribution in [1.29, 1.82) is 0 Å². The summed E-state index contributed by atoms with van der Waals surface area (Å²) < 4.78 is 10.7. The van der Waals surface area contributed by atoms with Gasteiger partial charge in [-0.15, -0.1) is 11.8 Å². The topological polar surface area (TPSA) is 50.8 Å². The van der Waals surface area contributed by atoms with Crippen molar-refractivity contribution in [3.8, 4) is 5.75 Å². The van der Waals surface area contributed by atoms with E-state index in [1.54, 1.807) is 18.9 Å². The van der Waals surface area contributed by atoms with Crippen molar-refractivity contribution in [1.82, 2.24) is 10.2 Å². The standard InChI is InChI=1S/C21H34N2O3S/c1-5-17(6-2)20(23-11-13-26-14-12-23)15-22-21(24)16(3)27-19-9-7-18(25-4)8-10-19/h7-10,16-17,20H,5-6,11-15H2,1-4H3,(H,22,24). The highest BCUT2D eigenvalue weighted by Crippen LogP contribution is 2.26. The molecule has 2 unspecified atom stereocenters. The maximum Gasteiger partial charge on any atom is 0.233 e. The molecule has 1 aromatic rings. The average Bonchev–Trinajstić information content (AvgIpc) is 2.72. The van der Waals surface area contributed by atoms with Crippen LogP contribution in [-0.4, -0.2) is 62.1 Å². The quantitative estimate of drug-likeness (QED) is 0.616. The molecule has 0 spiro atoms. The van der Waals surface area contributed by atoms with Gasteiger partial charge in [0.25, 0.3) is 0 Å². The fourth-order valence-electron chi connectivity index (χ4n) is 3.60. The number of nitrogens with zero attached hydrogens (tertiary/aromatic N) is 1. The van der Waals surface area contributed by atoms with E-state index in [9.17, 15) is 4.79 Å². The van der Waals surface area contributed by atoms with Crippen molar-refractivity contribution in [2.45, 2.75) is 49.8 Å². The second kappa shape index (κ2) is 11.6. The monoisotopic (exact) mass is 394 g/mol. The highest BCUT2D eigenvalue weighted by molar-refractivity contribution is 8.00. The van der Waals surface area contributed by atoms with E-state index in [1.165, 1.54) is 0 Å². The van der Waals surface area contributed by atoms with Crippen LogP contribution in [0, 0.1) is 5.92 Å². The summed E-state index contributed by atoms with van der Waals surface area (Å²) in [6, 6.07) is 8.22. The summed E-state index contributed by atoms with van der Waals surface area (Å²) in [6.07, 6.45) is 2.26. The molecule has 6 heteroatoms. The minimum atomic E-state index is -0.134. The van der Waals surface area contributed by atoms with Gasteiger partial charge in [-0.1, -0.05) is 26.7 Å². The number of thioether (sulfide) groups is 1. The molecule has 1 aliphatic heterocycles. The normalized spacial score (nSPS) is 17.5. The van der Waals surface area contributed by atoms with Gasteiger partial charge in [0, 0.05) is 30.6 Å². The van der Waals surface area contributed by atoms with Crippen molar-refractivity contribution >= 4 is 17.7 Å². The van der Waals surface area contributed by atoms with Crippen LogP contribution in [0.5, 0.6) is 5.75 Å². The van der Waals surface area contributed by atoms with Crippen molar-refractivity contribution in [2.24, 2.45) is 5.92 Å². The van der Waals surface area contributed by atoms with Gasteiger partial charge in [0.05, 0.1) is 25.6 Å². The first-order chi connectivity index (χ1) is 13.1. The number of carbonyl (C=O) groups excluding carboxylic acids is 1. The molecule has 5 nitrogen and oxygen atoms in total. The smallest absolute Gasteiger partial charge is 0.233 e. The molecule has 0 saturated carbocycles. The molecule has 1 aliphatic rings. The highest BCUT2D eigenvalue weighted by Gasteiger charge is 2.28. The molecule has 0 radical (unpaired) electrons. The summed E-state index contributed by atoms with van der Waals surface area (Å²) in [6.45, 7) is 10.6. The van der Waals surface area contributed by atoms with Gasteiger partial charge in [-0.3, -0.25) is 9.69 Å². The first kappa shape index (κ1) is 22.1. The van der Waals surface area contributed by atoms with Gasteiger partial charge < -0.3 is 14.8 Å². The Hall–Kier alpha value is -1.24. The van der Waals surface area contributed by atoms with E-state index in [0.717, 1.165) is 49.8 Å². The van der Waals surface area contributed by atoms with Crippen LogP contribution < -0.4 is 10.1 Å². The maximum atomic E-state index is 12.7. The van der Waals surface area contributed by atoms with E-state index in [1.807, 2.05) is 31.2 Å². The zero-order chi connectivity index (χ0) is 19.6. The van der Waals surface area contributed by atoms with E-state index in [0.29, 0.717) is 18.5 Å². The van der Waals surface area contributed by atoms with Crippen LogP contribution in [0.3, 0.4) is 0 Å². The van der Waals surface area contributed by atoms with Crippen LogP contribution >= 0.6 is 11.8 Å². The lowest BCUT2D eigenvalue weighted by atomic mass is 9.92. The molecule has 1 heterocycles. The zero-order valence-electron chi connectivity index (χ0n) is 17.1. The molecule has 1 saturated heterocycles. The lowest BCUT2D eigenvalue weighted by molar-refractivity contribution is -0.120. The SMILES string of the molecule is CCC(CC)C(CNC(=O)C(C)Sc1ccc(OC)cc1)N1CCOCC1. The molecule has 0 aliphatic carbocycles. The summed E-state index contributed by atoms with van der Waals surface area (Å²) in [5, 5.41) is 3.07. The molecule has 1 aromatic carbocycles. The Morgan fingerprint density at radius 3 is 2.41 bits per heavy atom. The summed E-state index contributed by atoms with van der Waals surface area (Å²) >= 11 is 1.58. The predicted molar refractivity (Wildman–Crippen MR) is 112 cm³/mol. The largest absolute Gasteiger partial charge is 0.497 e. The van der Waals surface area contributed by atoms with Gasteiger partial charge in [-0.25, -0.2) is 0 Å². The fraction of sp³-hybridized carbons (Fsp3) is 0.667. The summed E-state index contributed by atoms with van der Waals surface area (Å²) in [5.41, 5.74) is 0. The van der Waals surface area contributed by atoms with E-state index >= 15 is 0 Å². The molecule has 2 rings (SSSR count). The molecule has 27 heavy (non-hydrogen) atoms. The number of rotatable bonds is 10. The third kappa shape index (κ3) is 6.70. The summed E-state index contributed by atoms with van der Waals surface area (Å²) in [7, 11) is 1.66. The number of methoxy groups -OCH3 is 1. The summed E-state index contributed by atoms with van der Waals surface area (Å²) in [5.74, 6) is 1.52. The van der Waals surface area contributed by atoms with E-state index < -0.39 is 0 Å². The Bertz CT molecular complexity index is 557. The summed E-state index contributed by atoms with van der Waals surface area (Å²) in [4.78, 5) is 16.2. The van der Waals surface area contributed by atoms with Crippen LogP contribution in [0.1, 0.15) is 33.6 Å². The molecule has 0 bridgehead atoms. The molecular weight excluding hydrogens is 360 g/mol. The molecule has 1 amide bonds. The highest BCUT2D eigenvalue weighted by atomic mass is 32.2. The lowest BCUT2D eigenvalue weighted by Gasteiger charge is -2.39. The zero-order valence-corrected chi connectivity index (χ0v) is 17.9. The minimum Gasteiger partial charge on any atom is -0.497 e. The van der Waals surface area contributed by atoms with E-state index in [2.05, 4.69) is 24.1 Å². The van der Waals surface area contributed by atoms with Crippen molar-refractivity contribution < 1.29 is 14.3 Å². The molecular formula is C21H34N2O3S. The third-order valence-electron chi connectivity index (χ3n) is 5.33. The molecule has 1 N–H and O–H groups in total. The molecule has 2 atom stereocenters. The van der Waals surface area contributed by atoms with E-state index in [-0.39, 0.29) is 11.2 Å². The average molecular weight is 395 g/mol. The van der Waals surface area contributed by atoms with Crippen LogP contribution in [0.2, 0.25) is 0 Å². The second-order valence-electron chi connectivity index (χ2n) is 6.97. The Balaban J connectivity index is 1.90. The number of hydrogen-bond acceptors (Lipinski definition) is 5. The van der Waals surface area contributed by atoms with Crippen LogP contribution in [0.4, 0.5) is 0 Å². The molecule has 1 fully saturated rings. The Morgan fingerprint density at radius 1 is 1.22 bits per heavy atom. The molecule has 152 valence electrons. The fourth-order valence-corrected chi connectivity index (χ4v) is 4.49. The number of benzene rings is 1. The number of carbonyl (C=O) groups is 1. The van der Waals surface area contributed by atoms with Crippen molar-refractivity contribution in [3.63, 3.8) is 0 Å². The first-order valence-electron chi connectivity index (χ1n) is 9.99. The van der Waals surface area contributed by atoms with Gasteiger partial charge in [0.2, 0.25) is 5.91 Å². The minimum absolute atomic E-state index is 0.0973. The van der Waals surface area contributed by atoms with Gasteiger partial charge in [-0.2, -0.15) is 0 Å². The van der Waals surface area contributed by atoms with Gasteiger partial charge in [-0.05, 0) is 37.1 Å². The predicted octanol–water partition coefficient (Wildman–Crippen LogP) is 3.43. The Kier molecular flexibility index (Phi) is 9.45. The van der Waals surface area contributed by atoms with Crippen LogP contribution in [0.15, 0.2) is 29.2 Å². The Morgan fingerprint density at radius 2 is 1.85 bits per heavy atom.